The normalized spacial score (nSPS) is 25.3. The van der Waals surface area contributed by atoms with Crippen molar-refractivity contribution in [1.82, 2.24) is 0 Å². The van der Waals surface area contributed by atoms with Crippen LogP contribution in [0.3, 0.4) is 0 Å². The van der Waals surface area contributed by atoms with Crippen LogP contribution in [-0.4, -0.2) is 35.8 Å². The van der Waals surface area contributed by atoms with Gasteiger partial charge >= 0.3 is 0 Å². The SMILES string of the molecule is C=CC(=C=C(C)C(=O)/C=C\C)O[C@H]1C[C@@H](CO)O[C@H]1C. The summed E-state index contributed by atoms with van der Waals surface area (Å²) in [4.78, 5) is 11.6. The molecule has 0 amide bonds. The molecule has 1 N–H and O–H groups in total. The number of hydrogen-bond donors (Lipinski definition) is 1. The molecule has 0 aliphatic carbocycles. The summed E-state index contributed by atoms with van der Waals surface area (Å²) in [5, 5.41) is 9.09. The zero-order valence-electron chi connectivity index (χ0n) is 12.3. The summed E-state index contributed by atoms with van der Waals surface area (Å²) in [5.74, 6) is 0.304. The second-order valence-electron chi connectivity index (χ2n) is 4.72. The molecule has 1 rings (SSSR count). The number of ether oxygens (including phenoxy) is 2. The molecule has 0 aromatic heterocycles. The highest BCUT2D eigenvalue weighted by atomic mass is 16.6. The maximum absolute atomic E-state index is 11.6. The molecule has 0 radical (unpaired) electrons. The van der Waals surface area contributed by atoms with Crippen molar-refractivity contribution in [3.63, 3.8) is 0 Å². The van der Waals surface area contributed by atoms with Crippen molar-refractivity contribution < 1.29 is 19.4 Å². The molecule has 0 bridgehead atoms. The first-order valence-corrected chi connectivity index (χ1v) is 6.71. The van der Waals surface area contributed by atoms with E-state index in [9.17, 15) is 4.79 Å². The molecule has 1 aliphatic heterocycles. The summed E-state index contributed by atoms with van der Waals surface area (Å²) in [6.45, 7) is 9.00. The Morgan fingerprint density at radius 3 is 2.80 bits per heavy atom. The minimum Gasteiger partial charge on any atom is -0.480 e. The highest BCUT2D eigenvalue weighted by molar-refractivity contribution is 6.03. The Labute approximate surface area is 120 Å². The molecule has 0 aromatic rings. The molecule has 0 saturated carbocycles. The molecule has 20 heavy (non-hydrogen) atoms. The van der Waals surface area contributed by atoms with Crippen molar-refractivity contribution in [2.24, 2.45) is 0 Å². The van der Waals surface area contributed by atoms with E-state index in [2.05, 4.69) is 12.3 Å². The number of allylic oxidation sites excluding steroid dienone is 3. The number of carbonyl (C=O) groups excluding carboxylic acids is 1. The van der Waals surface area contributed by atoms with Crippen molar-refractivity contribution in [3.05, 3.63) is 41.9 Å². The van der Waals surface area contributed by atoms with Crippen LogP contribution in [0.4, 0.5) is 0 Å². The average molecular weight is 278 g/mol. The molecule has 110 valence electrons. The van der Waals surface area contributed by atoms with E-state index < -0.39 is 0 Å². The summed E-state index contributed by atoms with van der Waals surface area (Å²) < 4.78 is 11.3. The zero-order valence-corrected chi connectivity index (χ0v) is 12.3. The van der Waals surface area contributed by atoms with Crippen LogP contribution >= 0.6 is 0 Å². The third kappa shape index (κ3) is 4.49. The van der Waals surface area contributed by atoms with Gasteiger partial charge in [-0.1, -0.05) is 18.4 Å². The molecular weight excluding hydrogens is 256 g/mol. The van der Waals surface area contributed by atoms with Crippen LogP contribution in [0.25, 0.3) is 0 Å². The summed E-state index contributed by atoms with van der Waals surface area (Å²) in [6, 6.07) is 0. The lowest BCUT2D eigenvalue weighted by atomic mass is 10.1. The Morgan fingerprint density at radius 1 is 1.60 bits per heavy atom. The van der Waals surface area contributed by atoms with E-state index in [1.807, 2.05) is 6.92 Å². The van der Waals surface area contributed by atoms with Gasteiger partial charge in [-0.25, -0.2) is 0 Å². The van der Waals surface area contributed by atoms with E-state index in [0.29, 0.717) is 17.8 Å². The van der Waals surface area contributed by atoms with Gasteiger partial charge in [0.05, 0.1) is 18.8 Å². The second-order valence-corrected chi connectivity index (χ2v) is 4.72. The fourth-order valence-corrected chi connectivity index (χ4v) is 1.97. The molecule has 0 aromatic carbocycles. The Balaban J connectivity index is 2.84. The number of aliphatic hydroxyl groups excluding tert-OH is 1. The van der Waals surface area contributed by atoms with E-state index in [-0.39, 0.29) is 30.7 Å². The number of carbonyl (C=O) groups is 1. The minimum atomic E-state index is -0.198. The highest BCUT2D eigenvalue weighted by Crippen LogP contribution is 2.24. The monoisotopic (exact) mass is 278 g/mol. The predicted molar refractivity (Wildman–Crippen MR) is 77.1 cm³/mol. The first-order valence-electron chi connectivity index (χ1n) is 6.71. The van der Waals surface area contributed by atoms with Crippen LogP contribution in [-0.2, 0) is 14.3 Å². The molecule has 0 unspecified atom stereocenters. The van der Waals surface area contributed by atoms with Gasteiger partial charge in [0.25, 0.3) is 0 Å². The second kappa shape index (κ2) is 7.85. The predicted octanol–water partition coefficient (Wildman–Crippen LogP) is 2.30. The quantitative estimate of drug-likeness (QED) is 0.350. The smallest absolute Gasteiger partial charge is 0.189 e. The number of hydrogen-bond acceptors (Lipinski definition) is 4. The number of rotatable bonds is 6. The third-order valence-electron chi connectivity index (χ3n) is 3.09. The van der Waals surface area contributed by atoms with Crippen LogP contribution in [0.5, 0.6) is 0 Å². The number of aliphatic hydroxyl groups is 1. The topological polar surface area (TPSA) is 55.8 Å². The van der Waals surface area contributed by atoms with Crippen molar-refractivity contribution >= 4 is 5.78 Å². The fraction of sp³-hybridized carbons (Fsp3) is 0.500. The lowest BCUT2D eigenvalue weighted by Gasteiger charge is -2.15. The van der Waals surface area contributed by atoms with Crippen LogP contribution in [0.15, 0.2) is 41.9 Å². The van der Waals surface area contributed by atoms with Gasteiger partial charge in [-0.05, 0) is 32.9 Å². The van der Waals surface area contributed by atoms with E-state index in [4.69, 9.17) is 14.6 Å². The van der Waals surface area contributed by atoms with Crippen LogP contribution in [0.1, 0.15) is 27.2 Å². The summed E-state index contributed by atoms with van der Waals surface area (Å²) >= 11 is 0. The maximum Gasteiger partial charge on any atom is 0.189 e. The van der Waals surface area contributed by atoms with E-state index in [0.717, 1.165) is 0 Å². The maximum atomic E-state index is 11.6. The molecule has 4 nitrogen and oxygen atoms in total. The Kier molecular flexibility index (Phi) is 6.46. The minimum absolute atomic E-state index is 0.0218. The lowest BCUT2D eigenvalue weighted by molar-refractivity contribution is -0.111. The Morgan fingerprint density at radius 2 is 2.30 bits per heavy atom. The first kappa shape index (κ1) is 16.4. The van der Waals surface area contributed by atoms with E-state index in [1.165, 1.54) is 12.2 Å². The standard InChI is InChI=1S/C16H22O4/c1-5-7-15(18)11(3)8-13(6-2)20-16-9-14(10-17)19-12(16)4/h5-7,12,14,16-17H,2,9-10H2,1,3-4H3/b7-5-/t8?,12-,14-,16-/m0/s1. The average Bonchev–Trinajstić information content (AvgIpc) is 2.78. The molecule has 1 heterocycles. The molecule has 1 saturated heterocycles. The molecule has 3 atom stereocenters. The van der Waals surface area contributed by atoms with Crippen molar-refractivity contribution in [2.75, 3.05) is 6.61 Å². The van der Waals surface area contributed by atoms with Crippen LogP contribution in [0, 0.1) is 0 Å². The van der Waals surface area contributed by atoms with E-state index in [1.54, 1.807) is 19.9 Å². The summed E-state index contributed by atoms with van der Waals surface area (Å²) in [5.41, 5.74) is 3.37. The first-order chi connectivity index (χ1) is 9.51. The van der Waals surface area contributed by atoms with Crippen molar-refractivity contribution in [2.45, 2.75) is 45.5 Å². The van der Waals surface area contributed by atoms with Crippen LogP contribution < -0.4 is 0 Å². The number of ketones is 1. The van der Waals surface area contributed by atoms with Gasteiger partial charge in [-0.15, -0.1) is 0 Å². The third-order valence-corrected chi connectivity index (χ3v) is 3.09. The van der Waals surface area contributed by atoms with Gasteiger partial charge in [0.1, 0.15) is 6.10 Å². The molecule has 0 spiro atoms. The van der Waals surface area contributed by atoms with Gasteiger partial charge < -0.3 is 14.6 Å². The summed E-state index contributed by atoms with van der Waals surface area (Å²) in [7, 11) is 0. The fourth-order valence-electron chi connectivity index (χ4n) is 1.97. The van der Waals surface area contributed by atoms with Gasteiger partial charge in [0, 0.05) is 12.0 Å². The molecule has 1 aliphatic rings. The lowest BCUT2D eigenvalue weighted by Crippen LogP contribution is -2.20. The van der Waals surface area contributed by atoms with Gasteiger partial charge in [0.15, 0.2) is 11.5 Å². The largest absolute Gasteiger partial charge is 0.480 e. The summed E-state index contributed by atoms with van der Waals surface area (Å²) in [6.07, 6.45) is 4.81. The van der Waals surface area contributed by atoms with Gasteiger partial charge in [0.2, 0.25) is 0 Å². The van der Waals surface area contributed by atoms with Gasteiger partial charge in [-0.2, -0.15) is 0 Å². The van der Waals surface area contributed by atoms with Crippen molar-refractivity contribution in [3.8, 4) is 0 Å². The molecular formula is C16H22O4. The Hall–Kier alpha value is -1.61. The zero-order chi connectivity index (χ0) is 15.1. The Bertz CT molecular complexity index is 455. The van der Waals surface area contributed by atoms with Gasteiger partial charge in [-0.3, -0.25) is 4.79 Å². The van der Waals surface area contributed by atoms with E-state index >= 15 is 0 Å². The molecule has 1 fully saturated rings. The molecule has 4 heteroatoms. The highest BCUT2D eigenvalue weighted by Gasteiger charge is 2.33. The van der Waals surface area contributed by atoms with Crippen LogP contribution in [0.2, 0.25) is 0 Å². The van der Waals surface area contributed by atoms with Crippen molar-refractivity contribution in [1.29, 1.82) is 0 Å².